The number of carbonyl (C=O) groups excluding carboxylic acids is 1. The zero-order valence-corrected chi connectivity index (χ0v) is 17.5. The predicted molar refractivity (Wildman–Crippen MR) is 115 cm³/mol. The molecule has 1 aliphatic carbocycles. The minimum Gasteiger partial charge on any atom is -0.336 e. The third-order valence-electron chi connectivity index (χ3n) is 6.15. The van der Waals surface area contributed by atoms with Gasteiger partial charge in [0.15, 0.2) is 0 Å². The molecule has 0 N–H and O–H groups in total. The Hall–Kier alpha value is -2.95. The van der Waals surface area contributed by atoms with Crippen LogP contribution in [0.3, 0.4) is 0 Å². The lowest BCUT2D eigenvalue weighted by Crippen LogP contribution is -2.40. The molecule has 1 aromatic heterocycles. The Morgan fingerprint density at radius 1 is 1.17 bits per heavy atom. The van der Waals surface area contributed by atoms with Crippen molar-refractivity contribution in [2.45, 2.75) is 46.1 Å². The van der Waals surface area contributed by atoms with E-state index in [-0.39, 0.29) is 23.4 Å². The van der Waals surface area contributed by atoms with Gasteiger partial charge in [0.1, 0.15) is 5.82 Å². The molecular formula is C24H27N3O2. The molecule has 1 saturated carbocycles. The number of hydrogen-bond acceptors (Lipinski definition) is 3. The standard InChI is InChI=1S/C24H27N3O2/c1-15-12-13-21(16(2)14-15)27-22(17(3)26(4)23(28)18-8-7-9-18)25-20-11-6-5-10-19(20)24(27)29/h5-6,10-14,17-18H,7-9H2,1-4H3. The van der Waals surface area contributed by atoms with E-state index >= 15 is 0 Å². The summed E-state index contributed by atoms with van der Waals surface area (Å²) in [7, 11) is 1.82. The first kappa shape index (κ1) is 19.4. The largest absolute Gasteiger partial charge is 0.336 e. The Morgan fingerprint density at radius 2 is 1.90 bits per heavy atom. The maximum atomic E-state index is 13.5. The SMILES string of the molecule is Cc1ccc(-n2c(C(C)N(C)C(=O)C3CCC3)nc3ccccc3c2=O)c(C)c1. The monoisotopic (exact) mass is 389 g/mol. The topological polar surface area (TPSA) is 55.2 Å². The maximum absolute atomic E-state index is 13.5. The first-order valence-corrected chi connectivity index (χ1v) is 10.2. The Bertz CT molecular complexity index is 1140. The van der Waals surface area contributed by atoms with Gasteiger partial charge in [-0.3, -0.25) is 14.2 Å². The summed E-state index contributed by atoms with van der Waals surface area (Å²) in [6.45, 7) is 5.99. The van der Waals surface area contributed by atoms with Crippen molar-refractivity contribution in [2.75, 3.05) is 7.05 Å². The lowest BCUT2D eigenvalue weighted by molar-refractivity contribution is -0.139. The molecule has 0 spiro atoms. The van der Waals surface area contributed by atoms with Gasteiger partial charge in [0, 0.05) is 13.0 Å². The lowest BCUT2D eigenvalue weighted by atomic mass is 9.84. The highest BCUT2D eigenvalue weighted by Crippen LogP contribution is 2.31. The summed E-state index contributed by atoms with van der Waals surface area (Å²) in [5.41, 5.74) is 3.51. The van der Waals surface area contributed by atoms with Gasteiger partial charge in [-0.1, -0.05) is 36.2 Å². The number of nitrogens with zero attached hydrogens (tertiary/aromatic N) is 3. The molecule has 1 heterocycles. The number of rotatable bonds is 4. The normalized spacial score (nSPS) is 15.2. The number of aryl methyl sites for hydroxylation is 2. The van der Waals surface area contributed by atoms with Gasteiger partial charge >= 0.3 is 0 Å². The molecule has 0 bridgehead atoms. The molecule has 1 atom stereocenters. The summed E-state index contributed by atoms with van der Waals surface area (Å²) < 4.78 is 1.69. The van der Waals surface area contributed by atoms with E-state index in [1.54, 1.807) is 9.47 Å². The number of para-hydroxylation sites is 1. The van der Waals surface area contributed by atoms with Gasteiger partial charge in [-0.25, -0.2) is 4.98 Å². The van der Waals surface area contributed by atoms with Crippen LogP contribution in [0.2, 0.25) is 0 Å². The Morgan fingerprint density at radius 3 is 2.55 bits per heavy atom. The van der Waals surface area contributed by atoms with E-state index in [0.717, 1.165) is 36.1 Å². The summed E-state index contributed by atoms with van der Waals surface area (Å²) in [6.07, 6.45) is 3.01. The third kappa shape index (κ3) is 3.35. The van der Waals surface area contributed by atoms with Crippen LogP contribution in [0.25, 0.3) is 16.6 Å². The van der Waals surface area contributed by atoms with Gasteiger partial charge in [-0.05, 0) is 57.4 Å². The van der Waals surface area contributed by atoms with E-state index in [9.17, 15) is 9.59 Å². The summed E-state index contributed by atoms with van der Waals surface area (Å²) >= 11 is 0. The smallest absolute Gasteiger partial charge is 0.266 e. The second kappa shape index (κ2) is 7.47. The molecule has 29 heavy (non-hydrogen) atoms. The Balaban J connectivity index is 1.92. The highest BCUT2D eigenvalue weighted by atomic mass is 16.2. The molecule has 1 amide bonds. The van der Waals surface area contributed by atoms with Crippen LogP contribution in [0, 0.1) is 19.8 Å². The Labute approximate surface area is 171 Å². The fourth-order valence-electron chi connectivity index (χ4n) is 4.03. The lowest BCUT2D eigenvalue weighted by Gasteiger charge is -2.33. The average molecular weight is 389 g/mol. The number of hydrogen-bond donors (Lipinski definition) is 0. The van der Waals surface area contributed by atoms with Crippen molar-refractivity contribution in [3.63, 3.8) is 0 Å². The minimum atomic E-state index is -0.318. The first-order chi connectivity index (χ1) is 13.9. The maximum Gasteiger partial charge on any atom is 0.266 e. The second-order valence-corrected chi connectivity index (χ2v) is 8.17. The summed E-state index contributed by atoms with van der Waals surface area (Å²) in [6, 6.07) is 13.1. The van der Waals surface area contributed by atoms with Crippen LogP contribution in [0.5, 0.6) is 0 Å². The molecule has 3 aromatic rings. The fraction of sp³-hybridized carbons (Fsp3) is 0.375. The molecule has 5 heteroatoms. The molecule has 1 aliphatic rings. The zero-order chi connectivity index (χ0) is 20.7. The highest BCUT2D eigenvalue weighted by molar-refractivity contribution is 5.80. The summed E-state index contributed by atoms with van der Waals surface area (Å²) in [5.74, 6) is 0.832. The van der Waals surface area contributed by atoms with E-state index < -0.39 is 0 Å². The van der Waals surface area contributed by atoms with E-state index in [4.69, 9.17) is 4.98 Å². The van der Waals surface area contributed by atoms with Crippen molar-refractivity contribution in [3.05, 3.63) is 69.8 Å². The molecule has 0 saturated heterocycles. The third-order valence-corrected chi connectivity index (χ3v) is 6.15. The number of aromatic nitrogens is 2. The van der Waals surface area contributed by atoms with Gasteiger partial charge < -0.3 is 4.90 Å². The summed E-state index contributed by atoms with van der Waals surface area (Å²) in [5, 5.41) is 0.580. The van der Waals surface area contributed by atoms with Crippen molar-refractivity contribution in [1.82, 2.24) is 14.5 Å². The second-order valence-electron chi connectivity index (χ2n) is 8.17. The van der Waals surface area contributed by atoms with Crippen LogP contribution in [0.4, 0.5) is 0 Å². The van der Waals surface area contributed by atoms with Crippen LogP contribution < -0.4 is 5.56 Å². The van der Waals surface area contributed by atoms with Gasteiger partial charge in [-0.15, -0.1) is 0 Å². The van der Waals surface area contributed by atoms with Crippen molar-refractivity contribution < 1.29 is 4.79 Å². The predicted octanol–water partition coefficient (Wildman–Crippen LogP) is 4.32. The van der Waals surface area contributed by atoms with Crippen LogP contribution in [0.15, 0.2) is 47.3 Å². The van der Waals surface area contributed by atoms with E-state index in [1.165, 1.54) is 0 Å². The molecular weight excluding hydrogens is 362 g/mol. The van der Waals surface area contributed by atoms with Gasteiger partial charge in [0.05, 0.1) is 22.6 Å². The molecule has 150 valence electrons. The van der Waals surface area contributed by atoms with Gasteiger partial charge in [-0.2, -0.15) is 0 Å². The summed E-state index contributed by atoms with van der Waals surface area (Å²) in [4.78, 5) is 33.0. The van der Waals surface area contributed by atoms with Crippen molar-refractivity contribution in [3.8, 4) is 5.69 Å². The average Bonchev–Trinajstić information content (AvgIpc) is 2.66. The van der Waals surface area contributed by atoms with E-state index in [0.29, 0.717) is 16.7 Å². The first-order valence-electron chi connectivity index (χ1n) is 10.2. The van der Waals surface area contributed by atoms with Gasteiger partial charge in [0.2, 0.25) is 5.91 Å². The van der Waals surface area contributed by atoms with E-state index in [2.05, 4.69) is 6.07 Å². The fourth-order valence-corrected chi connectivity index (χ4v) is 4.03. The number of fused-ring (bicyclic) bond motifs is 1. The number of benzene rings is 2. The molecule has 1 fully saturated rings. The molecule has 4 rings (SSSR count). The molecule has 1 unspecified atom stereocenters. The number of amides is 1. The van der Waals surface area contributed by atoms with Gasteiger partial charge in [0.25, 0.3) is 5.56 Å². The quantitative estimate of drug-likeness (QED) is 0.668. The van der Waals surface area contributed by atoms with E-state index in [1.807, 2.05) is 64.2 Å². The van der Waals surface area contributed by atoms with Crippen LogP contribution in [-0.2, 0) is 4.79 Å². The van der Waals surface area contributed by atoms with Crippen molar-refractivity contribution in [1.29, 1.82) is 0 Å². The van der Waals surface area contributed by atoms with Crippen LogP contribution in [0.1, 0.15) is 49.2 Å². The van der Waals surface area contributed by atoms with Crippen LogP contribution >= 0.6 is 0 Å². The van der Waals surface area contributed by atoms with Crippen molar-refractivity contribution in [2.24, 2.45) is 5.92 Å². The molecule has 2 aromatic carbocycles. The Kier molecular flexibility index (Phi) is 4.99. The minimum absolute atomic E-state index is 0.101. The van der Waals surface area contributed by atoms with Crippen LogP contribution in [-0.4, -0.2) is 27.4 Å². The number of carbonyl (C=O) groups is 1. The molecule has 5 nitrogen and oxygen atoms in total. The highest BCUT2D eigenvalue weighted by Gasteiger charge is 2.32. The van der Waals surface area contributed by atoms with Crippen molar-refractivity contribution >= 4 is 16.8 Å². The molecule has 0 radical (unpaired) electrons. The zero-order valence-electron chi connectivity index (χ0n) is 17.5. The molecule has 0 aliphatic heterocycles.